The Morgan fingerprint density at radius 3 is 2.67 bits per heavy atom. The molecule has 0 aromatic heterocycles. The maximum Gasteiger partial charge on any atom is 0.220 e. The Bertz CT molecular complexity index is 399. The number of amides is 1. The summed E-state index contributed by atoms with van der Waals surface area (Å²) in [4.78, 5) is 13.1. The van der Waals surface area contributed by atoms with E-state index in [0.29, 0.717) is 0 Å². The largest absolute Gasteiger partial charge is 0.334 e. The molecule has 0 aliphatic carbocycles. The normalized spacial score (nSPS) is 16.3. The molecule has 15 heavy (non-hydrogen) atoms. The quantitative estimate of drug-likeness (QED) is 0.754. The zero-order chi connectivity index (χ0) is 11.0. The van der Waals surface area contributed by atoms with Crippen LogP contribution in [0.25, 0.3) is 0 Å². The van der Waals surface area contributed by atoms with Crippen LogP contribution in [0.2, 0.25) is 0 Å². The number of nitrogens with zero attached hydrogens (tertiary/aromatic N) is 1. The van der Waals surface area contributed by atoms with Crippen molar-refractivity contribution in [2.45, 2.75) is 33.0 Å². The SMILES string of the molecule is CC(=O)N1Cc2ccc(C(C)N)cc2C1. The lowest BCUT2D eigenvalue weighted by Crippen LogP contribution is -2.21. The van der Waals surface area contributed by atoms with Gasteiger partial charge in [-0.1, -0.05) is 18.2 Å². The minimum absolute atomic E-state index is 0.0571. The predicted molar refractivity (Wildman–Crippen MR) is 59.0 cm³/mol. The molecule has 0 saturated carbocycles. The Kier molecular flexibility index (Phi) is 2.49. The first-order valence-electron chi connectivity index (χ1n) is 5.20. The van der Waals surface area contributed by atoms with Gasteiger partial charge in [-0.05, 0) is 23.6 Å². The average molecular weight is 204 g/mol. The first kappa shape index (κ1) is 10.2. The molecule has 0 bridgehead atoms. The summed E-state index contributed by atoms with van der Waals surface area (Å²) in [6.07, 6.45) is 0. The molecule has 2 rings (SSSR count). The van der Waals surface area contributed by atoms with Crippen LogP contribution in [-0.2, 0) is 17.9 Å². The minimum Gasteiger partial charge on any atom is -0.334 e. The van der Waals surface area contributed by atoms with E-state index in [4.69, 9.17) is 5.73 Å². The van der Waals surface area contributed by atoms with Gasteiger partial charge in [0.15, 0.2) is 0 Å². The Labute approximate surface area is 89.9 Å². The van der Waals surface area contributed by atoms with Crippen LogP contribution in [0.4, 0.5) is 0 Å². The molecule has 3 nitrogen and oxygen atoms in total. The Hall–Kier alpha value is -1.35. The van der Waals surface area contributed by atoms with Gasteiger partial charge in [-0.25, -0.2) is 0 Å². The third kappa shape index (κ3) is 1.88. The lowest BCUT2D eigenvalue weighted by molar-refractivity contribution is -0.129. The fourth-order valence-corrected chi connectivity index (χ4v) is 1.92. The molecule has 1 aromatic carbocycles. The van der Waals surface area contributed by atoms with E-state index in [0.717, 1.165) is 18.7 Å². The molecule has 1 heterocycles. The fraction of sp³-hybridized carbons (Fsp3) is 0.417. The smallest absolute Gasteiger partial charge is 0.220 e. The maximum atomic E-state index is 11.2. The zero-order valence-corrected chi connectivity index (χ0v) is 9.16. The molecule has 3 heteroatoms. The predicted octanol–water partition coefficient (Wildman–Crippen LogP) is 1.57. The van der Waals surface area contributed by atoms with Gasteiger partial charge in [0.05, 0.1) is 0 Å². The number of carbonyl (C=O) groups is 1. The molecule has 0 fully saturated rings. The molecule has 0 radical (unpaired) electrons. The third-order valence-electron chi connectivity index (χ3n) is 2.92. The van der Waals surface area contributed by atoms with Crippen molar-refractivity contribution >= 4 is 5.91 Å². The van der Waals surface area contributed by atoms with Gasteiger partial charge in [-0.2, -0.15) is 0 Å². The summed E-state index contributed by atoms with van der Waals surface area (Å²) < 4.78 is 0. The van der Waals surface area contributed by atoms with Crippen LogP contribution in [0.1, 0.15) is 36.6 Å². The highest BCUT2D eigenvalue weighted by Gasteiger charge is 2.20. The molecule has 0 saturated heterocycles. The van der Waals surface area contributed by atoms with Gasteiger partial charge in [0, 0.05) is 26.1 Å². The molecule has 0 spiro atoms. The van der Waals surface area contributed by atoms with Crippen molar-refractivity contribution in [3.8, 4) is 0 Å². The van der Waals surface area contributed by atoms with Crippen LogP contribution < -0.4 is 5.73 Å². The number of hydrogen-bond donors (Lipinski definition) is 1. The number of rotatable bonds is 1. The van der Waals surface area contributed by atoms with Crippen molar-refractivity contribution in [3.63, 3.8) is 0 Å². The van der Waals surface area contributed by atoms with Gasteiger partial charge in [-0.3, -0.25) is 4.79 Å². The van der Waals surface area contributed by atoms with Crippen LogP contribution in [0.3, 0.4) is 0 Å². The molecule has 1 atom stereocenters. The van der Waals surface area contributed by atoms with Crippen molar-refractivity contribution in [3.05, 3.63) is 34.9 Å². The van der Waals surface area contributed by atoms with E-state index < -0.39 is 0 Å². The first-order chi connectivity index (χ1) is 7.08. The van der Waals surface area contributed by atoms with Gasteiger partial charge in [0.2, 0.25) is 5.91 Å². The summed E-state index contributed by atoms with van der Waals surface area (Å²) in [5.74, 6) is 0.133. The van der Waals surface area contributed by atoms with Crippen LogP contribution in [-0.4, -0.2) is 10.8 Å². The number of nitrogens with two attached hydrogens (primary N) is 1. The second-order valence-electron chi connectivity index (χ2n) is 4.19. The monoisotopic (exact) mass is 204 g/mol. The second-order valence-corrected chi connectivity index (χ2v) is 4.19. The van der Waals surface area contributed by atoms with E-state index in [9.17, 15) is 4.79 Å². The van der Waals surface area contributed by atoms with Crippen molar-refractivity contribution in [1.29, 1.82) is 0 Å². The lowest BCUT2D eigenvalue weighted by atomic mass is 10.0. The topological polar surface area (TPSA) is 46.3 Å². The fourth-order valence-electron chi connectivity index (χ4n) is 1.92. The summed E-state index contributed by atoms with van der Waals surface area (Å²) in [7, 11) is 0. The summed E-state index contributed by atoms with van der Waals surface area (Å²) >= 11 is 0. The van der Waals surface area contributed by atoms with Crippen molar-refractivity contribution in [1.82, 2.24) is 4.90 Å². The molecule has 1 aliphatic heterocycles. The van der Waals surface area contributed by atoms with E-state index in [-0.39, 0.29) is 11.9 Å². The maximum absolute atomic E-state index is 11.2. The highest BCUT2D eigenvalue weighted by Crippen LogP contribution is 2.25. The van der Waals surface area contributed by atoms with Gasteiger partial charge in [0.1, 0.15) is 0 Å². The van der Waals surface area contributed by atoms with Gasteiger partial charge >= 0.3 is 0 Å². The number of fused-ring (bicyclic) bond motifs is 1. The Morgan fingerprint density at radius 2 is 2.07 bits per heavy atom. The molecular weight excluding hydrogens is 188 g/mol. The van der Waals surface area contributed by atoms with Gasteiger partial charge in [0.25, 0.3) is 0 Å². The molecule has 80 valence electrons. The van der Waals surface area contributed by atoms with Crippen molar-refractivity contribution in [2.24, 2.45) is 5.73 Å². The molecule has 1 aromatic rings. The molecule has 2 N–H and O–H groups in total. The second kappa shape index (κ2) is 3.66. The van der Waals surface area contributed by atoms with Crippen LogP contribution in [0, 0.1) is 0 Å². The Morgan fingerprint density at radius 1 is 1.40 bits per heavy atom. The van der Waals surface area contributed by atoms with Gasteiger partial charge in [-0.15, -0.1) is 0 Å². The van der Waals surface area contributed by atoms with Crippen LogP contribution in [0.15, 0.2) is 18.2 Å². The van der Waals surface area contributed by atoms with E-state index in [1.165, 1.54) is 11.1 Å². The van der Waals surface area contributed by atoms with E-state index in [1.807, 2.05) is 17.9 Å². The molecule has 1 amide bonds. The van der Waals surface area contributed by atoms with E-state index >= 15 is 0 Å². The Balaban J connectivity index is 2.27. The highest BCUT2D eigenvalue weighted by molar-refractivity contribution is 5.74. The zero-order valence-electron chi connectivity index (χ0n) is 9.16. The average Bonchev–Trinajstić information content (AvgIpc) is 2.59. The summed E-state index contributed by atoms with van der Waals surface area (Å²) in [6.45, 7) is 5.05. The first-order valence-corrected chi connectivity index (χ1v) is 5.20. The molecular formula is C12H16N2O. The number of carbonyl (C=O) groups excluding carboxylic acids is 1. The summed E-state index contributed by atoms with van der Waals surface area (Å²) in [6, 6.07) is 6.30. The third-order valence-corrected chi connectivity index (χ3v) is 2.92. The van der Waals surface area contributed by atoms with Gasteiger partial charge < -0.3 is 10.6 Å². The summed E-state index contributed by atoms with van der Waals surface area (Å²) in [5.41, 5.74) is 9.44. The number of benzene rings is 1. The van der Waals surface area contributed by atoms with E-state index in [2.05, 4.69) is 12.1 Å². The highest BCUT2D eigenvalue weighted by atomic mass is 16.2. The summed E-state index contributed by atoms with van der Waals surface area (Å²) in [5, 5.41) is 0. The molecule has 1 unspecified atom stereocenters. The lowest BCUT2D eigenvalue weighted by Gasteiger charge is -2.11. The minimum atomic E-state index is 0.0571. The standard InChI is InChI=1S/C12H16N2O/c1-8(13)10-3-4-11-6-14(9(2)15)7-12(11)5-10/h3-5,8H,6-7,13H2,1-2H3. The van der Waals surface area contributed by atoms with Crippen molar-refractivity contribution < 1.29 is 4.79 Å². The van der Waals surface area contributed by atoms with Crippen LogP contribution >= 0.6 is 0 Å². The van der Waals surface area contributed by atoms with Crippen molar-refractivity contribution in [2.75, 3.05) is 0 Å². The van der Waals surface area contributed by atoms with Crippen LogP contribution in [0.5, 0.6) is 0 Å². The number of hydrogen-bond acceptors (Lipinski definition) is 2. The van der Waals surface area contributed by atoms with E-state index in [1.54, 1.807) is 6.92 Å². The molecule has 1 aliphatic rings.